The van der Waals surface area contributed by atoms with Gasteiger partial charge in [0.1, 0.15) is 18.1 Å². The molecule has 0 atom stereocenters. The number of carbonyl (C=O) groups is 1. The number of esters is 1. The second-order valence-corrected chi connectivity index (χ2v) is 6.48. The number of hydrogen-bond donors (Lipinski definition) is 3. The van der Waals surface area contributed by atoms with Gasteiger partial charge < -0.3 is 20.4 Å². The fraction of sp³-hybridized carbons (Fsp3) is 0.278. The molecule has 0 bridgehead atoms. The Labute approximate surface area is 143 Å². The summed E-state index contributed by atoms with van der Waals surface area (Å²) >= 11 is 0. The summed E-state index contributed by atoms with van der Waals surface area (Å²) in [6, 6.07) is 8.04. The van der Waals surface area contributed by atoms with Crippen LogP contribution in [0.15, 0.2) is 30.5 Å². The molecule has 0 unspecified atom stereocenters. The van der Waals surface area contributed by atoms with Gasteiger partial charge in [0, 0.05) is 23.5 Å². The van der Waals surface area contributed by atoms with Crippen molar-refractivity contribution in [2.24, 2.45) is 0 Å². The maximum atomic E-state index is 11.7. The van der Waals surface area contributed by atoms with Crippen molar-refractivity contribution in [2.75, 3.05) is 10.6 Å². The van der Waals surface area contributed by atoms with Crippen molar-refractivity contribution in [3.63, 3.8) is 0 Å². The number of ether oxygens (including phenoxy) is 1. The van der Waals surface area contributed by atoms with E-state index < -0.39 is 0 Å². The maximum absolute atomic E-state index is 11.7. The summed E-state index contributed by atoms with van der Waals surface area (Å²) in [5.41, 5.74) is 3.04. The van der Waals surface area contributed by atoms with Crippen LogP contribution < -0.4 is 10.6 Å². The molecule has 1 fully saturated rings. The molecule has 1 aromatic carbocycles. The van der Waals surface area contributed by atoms with Crippen molar-refractivity contribution in [3.8, 4) is 0 Å². The maximum Gasteiger partial charge on any atom is 0.338 e. The summed E-state index contributed by atoms with van der Waals surface area (Å²) in [4.78, 5) is 24.0. The Kier molecular flexibility index (Phi) is 3.12. The zero-order chi connectivity index (χ0) is 16.8. The van der Waals surface area contributed by atoms with Crippen LogP contribution in [-0.4, -0.2) is 27.0 Å². The van der Waals surface area contributed by atoms with Crippen molar-refractivity contribution >= 4 is 34.5 Å². The number of rotatable bonds is 4. The van der Waals surface area contributed by atoms with Crippen LogP contribution in [-0.2, 0) is 11.3 Å². The number of aromatic nitrogens is 3. The Morgan fingerprint density at radius 2 is 2.12 bits per heavy atom. The van der Waals surface area contributed by atoms with Gasteiger partial charge in [0.2, 0.25) is 5.95 Å². The first-order valence-electron chi connectivity index (χ1n) is 8.45. The van der Waals surface area contributed by atoms with Gasteiger partial charge in [-0.2, -0.15) is 9.97 Å². The van der Waals surface area contributed by atoms with Crippen LogP contribution in [0.1, 0.15) is 35.2 Å². The minimum absolute atomic E-state index is 0.285. The largest absolute Gasteiger partial charge is 0.457 e. The Balaban J connectivity index is 1.48. The third kappa shape index (κ3) is 2.48. The van der Waals surface area contributed by atoms with Crippen LogP contribution >= 0.6 is 0 Å². The molecule has 1 saturated carbocycles. The van der Waals surface area contributed by atoms with Crippen LogP contribution in [0.5, 0.6) is 0 Å². The fourth-order valence-electron chi connectivity index (χ4n) is 3.17. The van der Waals surface area contributed by atoms with Crippen molar-refractivity contribution in [3.05, 3.63) is 41.6 Å². The molecule has 7 heteroatoms. The van der Waals surface area contributed by atoms with E-state index >= 15 is 0 Å². The van der Waals surface area contributed by atoms with Crippen LogP contribution in [0.25, 0.3) is 11.0 Å². The highest BCUT2D eigenvalue weighted by atomic mass is 16.5. The number of anilines is 3. The van der Waals surface area contributed by atoms with Gasteiger partial charge in [-0.05, 0) is 37.5 Å². The number of nitrogens with one attached hydrogen (secondary N) is 3. The Hall–Kier alpha value is -3.09. The molecule has 0 amide bonds. The highest BCUT2D eigenvalue weighted by Crippen LogP contribution is 2.29. The summed E-state index contributed by atoms with van der Waals surface area (Å²) in [6.45, 7) is 0.342. The van der Waals surface area contributed by atoms with E-state index in [0.29, 0.717) is 24.2 Å². The highest BCUT2D eigenvalue weighted by Gasteiger charge is 2.22. The normalized spacial score (nSPS) is 16.4. The Morgan fingerprint density at radius 1 is 1.20 bits per heavy atom. The van der Waals surface area contributed by atoms with E-state index in [9.17, 15) is 4.79 Å². The van der Waals surface area contributed by atoms with E-state index in [1.807, 2.05) is 24.4 Å². The standard InChI is InChI=1S/C18H17N5O2/c24-17-14-8-12(5-4-10(14)9-25-17)21-18-22-15-13(6-7-19-15)16(23-18)20-11-2-1-3-11/h4-8,11H,1-3,9H2,(H3,19,20,21,22,23). The van der Waals surface area contributed by atoms with E-state index in [1.54, 1.807) is 6.07 Å². The van der Waals surface area contributed by atoms with Crippen molar-refractivity contribution in [1.82, 2.24) is 15.0 Å². The Morgan fingerprint density at radius 3 is 2.96 bits per heavy atom. The second kappa shape index (κ2) is 5.47. The van der Waals surface area contributed by atoms with Gasteiger partial charge in [0.25, 0.3) is 0 Å². The molecular formula is C18H17N5O2. The number of cyclic esters (lactones) is 1. The zero-order valence-corrected chi connectivity index (χ0v) is 13.5. The lowest BCUT2D eigenvalue weighted by molar-refractivity contribution is 0.0535. The lowest BCUT2D eigenvalue weighted by Crippen LogP contribution is -2.27. The molecule has 0 spiro atoms. The minimum atomic E-state index is -0.285. The molecule has 25 heavy (non-hydrogen) atoms. The van der Waals surface area contributed by atoms with Gasteiger partial charge in [-0.25, -0.2) is 4.79 Å². The van der Waals surface area contributed by atoms with Gasteiger partial charge in [-0.1, -0.05) is 6.07 Å². The number of nitrogens with zero attached hydrogens (tertiary/aromatic N) is 2. The van der Waals surface area contributed by atoms with Gasteiger partial charge >= 0.3 is 5.97 Å². The van der Waals surface area contributed by atoms with Gasteiger partial charge in [0.05, 0.1) is 10.9 Å². The summed E-state index contributed by atoms with van der Waals surface area (Å²) < 4.78 is 5.04. The molecule has 3 aromatic rings. The van der Waals surface area contributed by atoms with Crippen LogP contribution in [0.2, 0.25) is 0 Å². The molecule has 2 aromatic heterocycles. The van der Waals surface area contributed by atoms with E-state index in [-0.39, 0.29) is 5.97 Å². The SMILES string of the molecule is O=C1OCc2ccc(Nc3nc(NC4CCC4)c4cc[nH]c4n3)cc21. The highest BCUT2D eigenvalue weighted by molar-refractivity contribution is 5.94. The number of aromatic amines is 1. The smallest absolute Gasteiger partial charge is 0.338 e. The summed E-state index contributed by atoms with van der Waals surface area (Å²) in [5.74, 6) is 1.04. The summed E-state index contributed by atoms with van der Waals surface area (Å²) in [6.07, 6.45) is 5.47. The fourth-order valence-corrected chi connectivity index (χ4v) is 3.17. The average molecular weight is 335 g/mol. The van der Waals surface area contributed by atoms with Gasteiger partial charge in [-0.15, -0.1) is 0 Å². The molecule has 1 aliphatic heterocycles. The summed E-state index contributed by atoms with van der Waals surface area (Å²) in [7, 11) is 0. The van der Waals surface area contributed by atoms with Crippen LogP contribution in [0.3, 0.4) is 0 Å². The molecule has 3 N–H and O–H groups in total. The summed E-state index contributed by atoms with van der Waals surface area (Å²) in [5, 5.41) is 7.67. The van der Waals surface area contributed by atoms with Crippen molar-refractivity contribution in [2.45, 2.75) is 31.9 Å². The number of benzene rings is 1. The predicted molar refractivity (Wildman–Crippen MR) is 94.0 cm³/mol. The van der Waals surface area contributed by atoms with E-state index in [2.05, 4.69) is 25.6 Å². The molecule has 0 radical (unpaired) electrons. The van der Waals surface area contributed by atoms with Crippen LogP contribution in [0.4, 0.5) is 17.5 Å². The number of hydrogen-bond acceptors (Lipinski definition) is 6. The quantitative estimate of drug-likeness (QED) is 0.633. The van der Waals surface area contributed by atoms with Crippen LogP contribution in [0, 0.1) is 0 Å². The third-order valence-electron chi connectivity index (χ3n) is 4.81. The molecule has 1 aliphatic carbocycles. The number of carbonyl (C=O) groups excluding carboxylic acids is 1. The topological polar surface area (TPSA) is 91.9 Å². The van der Waals surface area contributed by atoms with E-state index in [0.717, 1.165) is 28.1 Å². The average Bonchev–Trinajstić information content (AvgIpc) is 3.18. The van der Waals surface area contributed by atoms with E-state index in [4.69, 9.17) is 4.74 Å². The molecule has 2 aliphatic rings. The molecule has 3 heterocycles. The molecule has 0 saturated heterocycles. The van der Waals surface area contributed by atoms with E-state index in [1.165, 1.54) is 19.3 Å². The zero-order valence-electron chi connectivity index (χ0n) is 13.5. The lowest BCUT2D eigenvalue weighted by Gasteiger charge is -2.27. The first kappa shape index (κ1) is 14.3. The Bertz CT molecular complexity index is 977. The van der Waals surface area contributed by atoms with Gasteiger partial charge in [-0.3, -0.25) is 0 Å². The number of H-pyrrole nitrogens is 1. The first-order chi connectivity index (χ1) is 12.3. The lowest BCUT2D eigenvalue weighted by atomic mass is 9.93. The molecule has 7 nitrogen and oxygen atoms in total. The number of fused-ring (bicyclic) bond motifs is 2. The predicted octanol–water partition coefficient (Wildman–Crippen LogP) is 3.34. The second-order valence-electron chi connectivity index (χ2n) is 6.48. The first-order valence-corrected chi connectivity index (χ1v) is 8.45. The molecule has 5 rings (SSSR count). The van der Waals surface area contributed by atoms with Crippen molar-refractivity contribution in [1.29, 1.82) is 0 Å². The monoisotopic (exact) mass is 335 g/mol. The van der Waals surface area contributed by atoms with Gasteiger partial charge in [0.15, 0.2) is 0 Å². The third-order valence-corrected chi connectivity index (χ3v) is 4.81. The minimum Gasteiger partial charge on any atom is -0.457 e. The van der Waals surface area contributed by atoms with Crippen molar-refractivity contribution < 1.29 is 9.53 Å². The molecular weight excluding hydrogens is 318 g/mol. The molecule has 126 valence electrons.